The number of likely N-dealkylation sites (tertiary alicyclic amines) is 1. The van der Waals surface area contributed by atoms with Crippen molar-refractivity contribution in [2.75, 3.05) is 31.6 Å². The van der Waals surface area contributed by atoms with Crippen molar-refractivity contribution in [3.8, 4) is 10.4 Å². The van der Waals surface area contributed by atoms with Crippen LogP contribution in [0.4, 0.5) is 5.69 Å². The average Bonchev–Trinajstić information content (AvgIpc) is 3.13. The number of carbonyl (C=O) groups is 3. The quantitative estimate of drug-likeness (QED) is 0.677. The first-order valence-electron chi connectivity index (χ1n) is 9.65. The Kier molecular flexibility index (Phi) is 7.00. The summed E-state index contributed by atoms with van der Waals surface area (Å²) in [5, 5.41) is 2.86. The summed E-state index contributed by atoms with van der Waals surface area (Å²) in [5.74, 6) is -1.04. The number of primary amides is 1. The van der Waals surface area contributed by atoms with Crippen LogP contribution in [0.3, 0.4) is 0 Å². The van der Waals surface area contributed by atoms with Crippen LogP contribution in [0.1, 0.15) is 29.4 Å². The van der Waals surface area contributed by atoms with Crippen molar-refractivity contribution in [2.24, 2.45) is 11.7 Å². The molecule has 1 saturated heterocycles. The number of rotatable bonds is 7. The third-order valence-electron chi connectivity index (χ3n) is 4.88. The molecule has 7 nitrogen and oxygen atoms in total. The topological polar surface area (TPSA) is 102 Å². The van der Waals surface area contributed by atoms with Crippen molar-refractivity contribution in [1.29, 1.82) is 0 Å². The van der Waals surface area contributed by atoms with Gasteiger partial charge in [0.15, 0.2) is 0 Å². The van der Waals surface area contributed by atoms with Gasteiger partial charge in [-0.3, -0.25) is 14.5 Å². The van der Waals surface area contributed by atoms with E-state index in [1.807, 2.05) is 41.3 Å². The molecule has 1 aromatic heterocycles. The molecular weight excluding hydrogens is 390 g/mol. The van der Waals surface area contributed by atoms with Gasteiger partial charge in [0.1, 0.15) is 4.88 Å². The van der Waals surface area contributed by atoms with E-state index < -0.39 is 5.97 Å². The molecule has 0 bridgehead atoms. The fourth-order valence-electron chi connectivity index (χ4n) is 3.35. The predicted molar refractivity (Wildman–Crippen MR) is 113 cm³/mol. The van der Waals surface area contributed by atoms with Gasteiger partial charge in [-0.05, 0) is 44.5 Å². The van der Waals surface area contributed by atoms with Gasteiger partial charge in [0.05, 0.1) is 18.8 Å². The zero-order valence-electron chi connectivity index (χ0n) is 16.3. The molecule has 0 radical (unpaired) electrons. The number of ether oxygens (including phenoxy) is 1. The molecule has 2 aromatic rings. The summed E-state index contributed by atoms with van der Waals surface area (Å²) in [7, 11) is 0. The second kappa shape index (κ2) is 9.67. The minimum atomic E-state index is -0.447. The molecular formula is C21H25N3O4S. The maximum atomic E-state index is 12.6. The molecule has 2 heterocycles. The van der Waals surface area contributed by atoms with Crippen LogP contribution in [-0.4, -0.2) is 48.9 Å². The maximum absolute atomic E-state index is 12.6. The van der Waals surface area contributed by atoms with E-state index in [4.69, 9.17) is 10.5 Å². The van der Waals surface area contributed by atoms with Crippen LogP contribution in [-0.2, 0) is 14.3 Å². The second-order valence-corrected chi connectivity index (χ2v) is 7.99. The Morgan fingerprint density at radius 1 is 1.21 bits per heavy atom. The highest BCUT2D eigenvalue weighted by atomic mass is 32.1. The van der Waals surface area contributed by atoms with Gasteiger partial charge in [0.2, 0.25) is 11.8 Å². The van der Waals surface area contributed by atoms with Gasteiger partial charge in [-0.25, -0.2) is 4.79 Å². The highest BCUT2D eigenvalue weighted by molar-refractivity contribution is 7.18. The lowest BCUT2D eigenvalue weighted by Gasteiger charge is -2.29. The molecule has 0 atom stereocenters. The number of piperidine rings is 1. The Balaban J connectivity index is 1.70. The second-order valence-electron chi connectivity index (χ2n) is 6.94. The molecule has 8 heteroatoms. The zero-order valence-corrected chi connectivity index (χ0v) is 17.2. The normalized spacial score (nSPS) is 15.1. The number of nitrogens with two attached hydrogens (primary N) is 1. The lowest BCUT2D eigenvalue weighted by molar-refractivity contribution is -0.123. The Morgan fingerprint density at radius 3 is 2.52 bits per heavy atom. The number of thiophene rings is 1. The van der Waals surface area contributed by atoms with Crippen LogP contribution in [0.15, 0.2) is 36.4 Å². The lowest BCUT2D eigenvalue weighted by atomic mass is 9.96. The number of esters is 1. The maximum Gasteiger partial charge on any atom is 0.350 e. The van der Waals surface area contributed by atoms with E-state index >= 15 is 0 Å². The fraction of sp³-hybridized carbons (Fsp3) is 0.381. The van der Waals surface area contributed by atoms with E-state index in [0.717, 1.165) is 10.4 Å². The minimum Gasteiger partial charge on any atom is -0.462 e. The molecule has 0 unspecified atom stereocenters. The van der Waals surface area contributed by atoms with E-state index in [1.54, 1.807) is 6.92 Å². The standard InChI is InChI=1S/C21H25N3O4S/c1-2-28-21(27)19-16(12-17(29-19)14-6-4-3-5-7-14)23-18(25)13-24-10-8-15(9-11-24)20(22)26/h3-7,12,15H,2,8-11,13H2,1H3,(H2,22,26)(H,23,25). The molecule has 1 aliphatic heterocycles. The lowest BCUT2D eigenvalue weighted by Crippen LogP contribution is -2.42. The number of hydrogen-bond donors (Lipinski definition) is 2. The number of nitrogens with zero attached hydrogens (tertiary/aromatic N) is 1. The number of nitrogens with one attached hydrogen (secondary N) is 1. The third-order valence-corrected chi connectivity index (χ3v) is 6.05. The van der Waals surface area contributed by atoms with Crippen molar-refractivity contribution < 1.29 is 19.1 Å². The molecule has 0 aliphatic carbocycles. The summed E-state index contributed by atoms with van der Waals surface area (Å²) in [5.41, 5.74) is 6.79. The molecule has 1 aliphatic rings. The highest BCUT2D eigenvalue weighted by Crippen LogP contribution is 2.35. The van der Waals surface area contributed by atoms with Gasteiger partial charge in [0, 0.05) is 10.8 Å². The Labute approximate surface area is 173 Å². The SMILES string of the molecule is CCOC(=O)c1sc(-c2ccccc2)cc1NC(=O)CN1CCC(C(N)=O)CC1. The van der Waals surface area contributed by atoms with Gasteiger partial charge < -0.3 is 15.8 Å². The summed E-state index contributed by atoms with van der Waals surface area (Å²) in [6.45, 7) is 3.50. The molecule has 0 saturated carbocycles. The van der Waals surface area contributed by atoms with Crippen LogP contribution in [0.5, 0.6) is 0 Å². The van der Waals surface area contributed by atoms with Gasteiger partial charge in [-0.15, -0.1) is 11.3 Å². The summed E-state index contributed by atoms with van der Waals surface area (Å²) in [6, 6.07) is 11.5. The first kappa shape index (κ1) is 21.0. The van der Waals surface area contributed by atoms with E-state index in [2.05, 4.69) is 5.32 Å². The van der Waals surface area contributed by atoms with E-state index in [-0.39, 0.29) is 30.9 Å². The van der Waals surface area contributed by atoms with Crippen molar-refractivity contribution in [2.45, 2.75) is 19.8 Å². The van der Waals surface area contributed by atoms with Crippen LogP contribution in [0, 0.1) is 5.92 Å². The van der Waals surface area contributed by atoms with Gasteiger partial charge in [0.25, 0.3) is 0 Å². The Bertz CT molecular complexity index is 873. The molecule has 29 heavy (non-hydrogen) atoms. The first-order chi connectivity index (χ1) is 14.0. The summed E-state index contributed by atoms with van der Waals surface area (Å²) >= 11 is 1.30. The molecule has 154 valence electrons. The molecule has 0 spiro atoms. The summed E-state index contributed by atoms with van der Waals surface area (Å²) in [4.78, 5) is 39.5. The predicted octanol–water partition coefficient (Wildman–Crippen LogP) is 2.73. The molecule has 3 rings (SSSR count). The fourth-order valence-corrected chi connectivity index (χ4v) is 4.36. The highest BCUT2D eigenvalue weighted by Gasteiger charge is 2.25. The third kappa shape index (κ3) is 5.42. The monoisotopic (exact) mass is 415 g/mol. The summed E-state index contributed by atoms with van der Waals surface area (Å²) in [6.07, 6.45) is 1.32. The Morgan fingerprint density at radius 2 is 1.90 bits per heavy atom. The number of benzene rings is 1. The van der Waals surface area contributed by atoms with Crippen LogP contribution in [0.25, 0.3) is 10.4 Å². The van der Waals surface area contributed by atoms with Gasteiger partial charge >= 0.3 is 5.97 Å². The minimum absolute atomic E-state index is 0.116. The number of carbonyl (C=O) groups excluding carboxylic acids is 3. The summed E-state index contributed by atoms with van der Waals surface area (Å²) < 4.78 is 5.15. The van der Waals surface area contributed by atoms with E-state index in [0.29, 0.717) is 36.5 Å². The van der Waals surface area contributed by atoms with E-state index in [1.165, 1.54) is 11.3 Å². The van der Waals surface area contributed by atoms with Crippen molar-refractivity contribution in [3.63, 3.8) is 0 Å². The smallest absolute Gasteiger partial charge is 0.350 e. The molecule has 3 N–H and O–H groups in total. The molecule has 1 fully saturated rings. The van der Waals surface area contributed by atoms with E-state index in [9.17, 15) is 14.4 Å². The van der Waals surface area contributed by atoms with Crippen LogP contribution >= 0.6 is 11.3 Å². The van der Waals surface area contributed by atoms with Crippen molar-refractivity contribution >= 4 is 34.8 Å². The van der Waals surface area contributed by atoms with Crippen LogP contribution in [0.2, 0.25) is 0 Å². The average molecular weight is 416 g/mol. The van der Waals surface area contributed by atoms with Crippen LogP contribution < -0.4 is 11.1 Å². The number of anilines is 1. The number of amides is 2. The molecule has 2 amide bonds. The first-order valence-corrected chi connectivity index (χ1v) is 10.5. The van der Waals surface area contributed by atoms with Crippen molar-refractivity contribution in [1.82, 2.24) is 4.90 Å². The van der Waals surface area contributed by atoms with Gasteiger partial charge in [-0.2, -0.15) is 0 Å². The van der Waals surface area contributed by atoms with Gasteiger partial charge in [-0.1, -0.05) is 30.3 Å². The number of hydrogen-bond acceptors (Lipinski definition) is 6. The zero-order chi connectivity index (χ0) is 20.8. The Hall–Kier alpha value is -2.71. The van der Waals surface area contributed by atoms with Crippen molar-refractivity contribution in [3.05, 3.63) is 41.3 Å². The molecule has 1 aromatic carbocycles. The largest absolute Gasteiger partial charge is 0.462 e.